The van der Waals surface area contributed by atoms with Crippen molar-refractivity contribution in [2.45, 2.75) is 44.6 Å². The van der Waals surface area contributed by atoms with E-state index in [-0.39, 0.29) is 30.3 Å². The lowest BCUT2D eigenvalue weighted by molar-refractivity contribution is -0.138. The summed E-state index contributed by atoms with van der Waals surface area (Å²) in [5.41, 5.74) is -1.08. The van der Waals surface area contributed by atoms with Gasteiger partial charge in [0.15, 0.2) is 0 Å². The third-order valence-corrected chi connectivity index (χ3v) is 5.63. The Morgan fingerprint density at radius 1 is 1.18 bits per heavy atom. The van der Waals surface area contributed by atoms with E-state index in [1.807, 2.05) is 0 Å². The fraction of sp³-hybridized carbons (Fsp3) is 0.333. The number of carbonyl (C=O) groups excluding carboxylic acids is 1. The molecule has 33 heavy (non-hydrogen) atoms. The molecule has 174 valence electrons. The number of nitrogens with zero attached hydrogens (tertiary/aromatic N) is 1. The topological polar surface area (TPSA) is 60.5 Å². The number of rotatable bonds is 7. The Morgan fingerprint density at radius 2 is 1.97 bits per heavy atom. The highest BCUT2D eigenvalue weighted by Crippen LogP contribution is 2.35. The SMILES string of the molecule is CCOC(=O)c1cc(OC2CC(NCc3c(F)ccc4cnccc34)C2)ccc1C(F)(F)F. The normalized spacial score (nSPS) is 18.1. The van der Waals surface area contributed by atoms with Crippen LogP contribution in [0.15, 0.2) is 48.8 Å². The molecule has 1 saturated carbocycles. The van der Waals surface area contributed by atoms with Gasteiger partial charge in [0, 0.05) is 35.9 Å². The number of nitrogens with one attached hydrogen (secondary N) is 1. The van der Waals surface area contributed by atoms with Gasteiger partial charge in [0.2, 0.25) is 0 Å². The van der Waals surface area contributed by atoms with Crippen molar-refractivity contribution < 1.29 is 31.8 Å². The van der Waals surface area contributed by atoms with Crippen LogP contribution in [0, 0.1) is 5.82 Å². The van der Waals surface area contributed by atoms with Crippen molar-refractivity contribution in [3.05, 3.63) is 71.3 Å². The summed E-state index contributed by atoms with van der Waals surface area (Å²) in [6.45, 7) is 1.82. The number of carbonyl (C=O) groups is 1. The number of halogens is 4. The van der Waals surface area contributed by atoms with Crippen LogP contribution in [-0.4, -0.2) is 29.7 Å². The van der Waals surface area contributed by atoms with E-state index in [4.69, 9.17) is 9.47 Å². The molecule has 1 aliphatic carbocycles. The Morgan fingerprint density at radius 3 is 2.70 bits per heavy atom. The highest BCUT2D eigenvalue weighted by Gasteiger charge is 2.37. The van der Waals surface area contributed by atoms with Crippen molar-refractivity contribution in [2.24, 2.45) is 0 Å². The van der Waals surface area contributed by atoms with Crippen molar-refractivity contribution in [2.75, 3.05) is 6.61 Å². The Bertz CT molecular complexity index is 1160. The van der Waals surface area contributed by atoms with Crippen molar-refractivity contribution in [1.82, 2.24) is 10.3 Å². The van der Waals surface area contributed by atoms with Gasteiger partial charge in [-0.15, -0.1) is 0 Å². The molecule has 0 aliphatic heterocycles. The maximum absolute atomic E-state index is 14.3. The molecular weight excluding hydrogens is 440 g/mol. The van der Waals surface area contributed by atoms with Gasteiger partial charge < -0.3 is 14.8 Å². The van der Waals surface area contributed by atoms with Crippen molar-refractivity contribution in [3.8, 4) is 5.75 Å². The summed E-state index contributed by atoms with van der Waals surface area (Å²) in [6, 6.07) is 8.04. The Hall–Kier alpha value is -3.20. The third-order valence-electron chi connectivity index (χ3n) is 5.63. The van der Waals surface area contributed by atoms with Gasteiger partial charge >= 0.3 is 12.1 Å². The third kappa shape index (κ3) is 5.08. The van der Waals surface area contributed by atoms with Crippen LogP contribution in [0.4, 0.5) is 17.6 Å². The molecule has 0 amide bonds. The molecule has 0 saturated heterocycles. The Labute approximate surface area is 187 Å². The van der Waals surface area contributed by atoms with E-state index in [1.54, 1.807) is 24.5 Å². The number of pyridine rings is 1. The second-order valence-corrected chi connectivity index (χ2v) is 7.84. The summed E-state index contributed by atoms with van der Waals surface area (Å²) in [5, 5.41) is 4.94. The minimum Gasteiger partial charge on any atom is -0.490 e. The summed E-state index contributed by atoms with van der Waals surface area (Å²) in [7, 11) is 0. The number of hydrogen-bond acceptors (Lipinski definition) is 5. The zero-order valence-corrected chi connectivity index (χ0v) is 17.8. The lowest BCUT2D eigenvalue weighted by Crippen LogP contribution is -2.46. The zero-order chi connectivity index (χ0) is 23.6. The molecule has 4 rings (SSSR count). The van der Waals surface area contributed by atoms with E-state index in [0.29, 0.717) is 24.9 Å². The monoisotopic (exact) mass is 462 g/mol. The Kier molecular flexibility index (Phi) is 6.51. The predicted molar refractivity (Wildman–Crippen MR) is 113 cm³/mol. The molecule has 0 unspecified atom stereocenters. The molecule has 9 heteroatoms. The minimum atomic E-state index is -4.68. The van der Waals surface area contributed by atoms with E-state index in [2.05, 4.69) is 10.3 Å². The van der Waals surface area contributed by atoms with Crippen LogP contribution in [0.5, 0.6) is 5.75 Å². The number of ether oxygens (including phenoxy) is 2. The van der Waals surface area contributed by atoms with Crippen LogP contribution < -0.4 is 10.1 Å². The summed E-state index contributed by atoms with van der Waals surface area (Å²) < 4.78 is 64.6. The fourth-order valence-corrected chi connectivity index (χ4v) is 3.88. The van der Waals surface area contributed by atoms with Gasteiger partial charge in [-0.25, -0.2) is 9.18 Å². The smallest absolute Gasteiger partial charge is 0.417 e. The zero-order valence-electron chi connectivity index (χ0n) is 17.8. The summed E-state index contributed by atoms with van der Waals surface area (Å²) in [6.07, 6.45) is -0.407. The van der Waals surface area contributed by atoms with Crippen molar-refractivity contribution in [3.63, 3.8) is 0 Å². The summed E-state index contributed by atoms with van der Waals surface area (Å²) in [4.78, 5) is 16.1. The van der Waals surface area contributed by atoms with E-state index >= 15 is 0 Å². The maximum atomic E-state index is 14.3. The number of alkyl halides is 3. The number of hydrogen-bond donors (Lipinski definition) is 1. The first-order valence-corrected chi connectivity index (χ1v) is 10.6. The van der Waals surface area contributed by atoms with E-state index in [9.17, 15) is 22.4 Å². The van der Waals surface area contributed by atoms with Crippen molar-refractivity contribution in [1.29, 1.82) is 0 Å². The molecule has 2 aromatic carbocycles. The molecule has 0 radical (unpaired) electrons. The van der Waals surface area contributed by atoms with Gasteiger partial charge in [-0.3, -0.25) is 4.98 Å². The van der Waals surface area contributed by atoms with Gasteiger partial charge in [0.05, 0.1) is 17.7 Å². The molecule has 0 bridgehead atoms. The standard InChI is InChI=1S/C24H22F4N2O3/c1-2-32-23(31)19-11-16(4-5-21(19)24(26,27)28)33-17-9-15(10-17)30-13-20-18-7-8-29-12-14(18)3-6-22(20)25/h3-8,11-12,15,17,30H,2,9-10,13H2,1H3. The number of esters is 1. The van der Waals surface area contributed by atoms with Crippen LogP contribution in [0.3, 0.4) is 0 Å². The molecule has 1 heterocycles. The van der Waals surface area contributed by atoms with Crippen LogP contribution in [0.1, 0.15) is 41.3 Å². The second kappa shape index (κ2) is 9.35. The molecule has 5 nitrogen and oxygen atoms in total. The van der Waals surface area contributed by atoms with Crippen LogP contribution in [-0.2, 0) is 17.5 Å². The number of aromatic nitrogens is 1. The molecule has 1 aromatic heterocycles. The minimum absolute atomic E-state index is 0.0367. The molecular formula is C24H22F4N2O3. The van der Waals surface area contributed by atoms with Crippen LogP contribution >= 0.6 is 0 Å². The first-order chi connectivity index (χ1) is 15.8. The van der Waals surface area contributed by atoms with Crippen LogP contribution in [0.2, 0.25) is 0 Å². The average molecular weight is 462 g/mol. The van der Waals surface area contributed by atoms with Gasteiger partial charge in [-0.05, 0) is 61.5 Å². The van der Waals surface area contributed by atoms with E-state index in [0.717, 1.165) is 22.9 Å². The quantitative estimate of drug-likeness (QED) is 0.383. The lowest BCUT2D eigenvalue weighted by atomic mass is 9.89. The largest absolute Gasteiger partial charge is 0.490 e. The van der Waals surface area contributed by atoms with E-state index < -0.39 is 23.3 Å². The molecule has 1 N–H and O–H groups in total. The Balaban J connectivity index is 1.37. The number of benzene rings is 2. The fourth-order valence-electron chi connectivity index (χ4n) is 3.88. The molecule has 1 aliphatic rings. The van der Waals surface area contributed by atoms with Gasteiger partial charge in [0.25, 0.3) is 0 Å². The number of fused-ring (bicyclic) bond motifs is 1. The highest BCUT2D eigenvalue weighted by atomic mass is 19.4. The van der Waals surface area contributed by atoms with Crippen molar-refractivity contribution >= 4 is 16.7 Å². The maximum Gasteiger partial charge on any atom is 0.417 e. The molecule has 1 fully saturated rings. The average Bonchev–Trinajstić information content (AvgIpc) is 2.75. The molecule has 0 atom stereocenters. The summed E-state index contributed by atoms with van der Waals surface area (Å²) >= 11 is 0. The first-order valence-electron chi connectivity index (χ1n) is 10.6. The highest BCUT2D eigenvalue weighted by molar-refractivity contribution is 5.92. The van der Waals surface area contributed by atoms with Gasteiger partial charge in [0.1, 0.15) is 17.7 Å². The van der Waals surface area contributed by atoms with Gasteiger partial charge in [-0.2, -0.15) is 13.2 Å². The van der Waals surface area contributed by atoms with Gasteiger partial charge in [-0.1, -0.05) is 0 Å². The second-order valence-electron chi connectivity index (χ2n) is 7.84. The predicted octanol–water partition coefficient (Wildman–Crippen LogP) is 5.27. The molecule has 3 aromatic rings. The first kappa shape index (κ1) is 23.0. The molecule has 0 spiro atoms. The lowest BCUT2D eigenvalue weighted by Gasteiger charge is -2.36. The van der Waals surface area contributed by atoms with E-state index in [1.165, 1.54) is 19.1 Å². The van der Waals surface area contributed by atoms with Crippen LogP contribution in [0.25, 0.3) is 10.8 Å². The summed E-state index contributed by atoms with van der Waals surface area (Å²) in [5.74, 6) is -1.18.